The first-order chi connectivity index (χ1) is 11.7. The van der Waals surface area contributed by atoms with Crippen LogP contribution in [-0.4, -0.2) is 38.2 Å². The Kier molecular flexibility index (Phi) is 4.51. The van der Waals surface area contributed by atoms with Crippen LogP contribution in [0.5, 0.6) is 0 Å². The van der Waals surface area contributed by atoms with Crippen LogP contribution in [0.4, 0.5) is 0 Å². The standard InChI is InChI=1S/C17H18BrN3O4/c1-9(22)15-13-5-10(18)3-4-12(13)16(24)21(20-15)8-14(23)19-11-6-17(2,25)7-11/h3-5,11,25H,6-8H2,1-2H3,(H,19,23). The molecule has 0 unspecified atom stereocenters. The second kappa shape index (κ2) is 6.34. The van der Waals surface area contributed by atoms with E-state index in [4.69, 9.17) is 0 Å². The summed E-state index contributed by atoms with van der Waals surface area (Å²) in [6, 6.07) is 4.87. The Bertz CT molecular complexity index is 927. The lowest BCUT2D eigenvalue weighted by Crippen LogP contribution is -2.54. The zero-order valence-corrected chi connectivity index (χ0v) is 15.5. The van der Waals surface area contributed by atoms with E-state index in [1.54, 1.807) is 25.1 Å². The number of nitrogens with one attached hydrogen (secondary N) is 1. The Balaban J connectivity index is 1.90. The molecule has 2 N–H and O–H groups in total. The molecule has 7 nitrogen and oxygen atoms in total. The molecule has 1 fully saturated rings. The summed E-state index contributed by atoms with van der Waals surface area (Å²) in [7, 11) is 0. The second-order valence-corrected chi connectivity index (χ2v) is 7.64. The highest BCUT2D eigenvalue weighted by atomic mass is 79.9. The topological polar surface area (TPSA) is 101 Å². The lowest BCUT2D eigenvalue weighted by atomic mass is 9.77. The van der Waals surface area contributed by atoms with E-state index in [-0.39, 0.29) is 30.0 Å². The molecule has 1 aliphatic carbocycles. The molecule has 0 bridgehead atoms. The molecule has 1 heterocycles. The van der Waals surface area contributed by atoms with E-state index in [0.29, 0.717) is 23.6 Å². The minimum Gasteiger partial charge on any atom is -0.390 e. The first kappa shape index (κ1) is 17.8. The molecular weight excluding hydrogens is 390 g/mol. The van der Waals surface area contributed by atoms with Crippen LogP contribution in [0.15, 0.2) is 27.5 Å². The van der Waals surface area contributed by atoms with Crippen molar-refractivity contribution in [1.82, 2.24) is 15.1 Å². The van der Waals surface area contributed by atoms with Crippen LogP contribution in [0.3, 0.4) is 0 Å². The molecule has 1 aromatic heterocycles. The molecule has 0 radical (unpaired) electrons. The number of aromatic nitrogens is 2. The van der Waals surface area contributed by atoms with Crippen LogP contribution < -0.4 is 10.9 Å². The van der Waals surface area contributed by atoms with Gasteiger partial charge in [0.1, 0.15) is 12.2 Å². The van der Waals surface area contributed by atoms with Crippen molar-refractivity contribution in [1.29, 1.82) is 0 Å². The lowest BCUT2D eigenvalue weighted by Gasteiger charge is -2.41. The molecule has 1 saturated carbocycles. The summed E-state index contributed by atoms with van der Waals surface area (Å²) in [5, 5.41) is 17.3. The maximum absolute atomic E-state index is 12.6. The molecule has 8 heteroatoms. The normalized spacial score (nSPS) is 22.5. The van der Waals surface area contributed by atoms with Gasteiger partial charge in [0.15, 0.2) is 5.78 Å². The third kappa shape index (κ3) is 3.64. The highest BCUT2D eigenvalue weighted by Crippen LogP contribution is 2.31. The lowest BCUT2D eigenvalue weighted by molar-refractivity contribution is -0.125. The van der Waals surface area contributed by atoms with Gasteiger partial charge in [0.05, 0.1) is 11.0 Å². The SMILES string of the molecule is CC(=O)c1nn(CC(=O)NC2CC(C)(O)C2)c(=O)c2ccc(Br)cc12. The molecule has 0 saturated heterocycles. The van der Waals surface area contributed by atoms with Gasteiger partial charge in [0.2, 0.25) is 5.91 Å². The van der Waals surface area contributed by atoms with Crippen LogP contribution in [-0.2, 0) is 11.3 Å². The fourth-order valence-corrected chi connectivity index (χ4v) is 3.50. The zero-order valence-electron chi connectivity index (χ0n) is 13.9. The van der Waals surface area contributed by atoms with Crippen LogP contribution >= 0.6 is 15.9 Å². The number of hydrogen-bond acceptors (Lipinski definition) is 5. The monoisotopic (exact) mass is 407 g/mol. The Hall–Kier alpha value is -2.06. The van der Waals surface area contributed by atoms with E-state index in [9.17, 15) is 19.5 Å². The second-order valence-electron chi connectivity index (χ2n) is 6.73. The Morgan fingerprint density at radius 1 is 1.40 bits per heavy atom. The highest BCUT2D eigenvalue weighted by Gasteiger charge is 2.39. The van der Waals surface area contributed by atoms with Crippen molar-refractivity contribution in [2.24, 2.45) is 0 Å². The number of nitrogens with zero attached hydrogens (tertiary/aromatic N) is 2. The van der Waals surface area contributed by atoms with E-state index in [1.165, 1.54) is 6.92 Å². The fourth-order valence-electron chi connectivity index (χ4n) is 3.14. The third-order valence-electron chi connectivity index (χ3n) is 4.29. The first-order valence-corrected chi connectivity index (χ1v) is 8.69. The average Bonchev–Trinajstić information content (AvgIpc) is 2.47. The molecule has 132 valence electrons. The van der Waals surface area contributed by atoms with Crippen LogP contribution in [0.25, 0.3) is 10.8 Å². The molecule has 25 heavy (non-hydrogen) atoms. The van der Waals surface area contributed by atoms with Crippen molar-refractivity contribution < 1.29 is 14.7 Å². The van der Waals surface area contributed by atoms with Gasteiger partial charge in [-0.3, -0.25) is 14.4 Å². The van der Waals surface area contributed by atoms with Crippen molar-refractivity contribution in [3.05, 3.63) is 38.7 Å². The quantitative estimate of drug-likeness (QED) is 0.745. The Morgan fingerprint density at radius 2 is 2.08 bits per heavy atom. The fraction of sp³-hybridized carbons (Fsp3) is 0.412. The van der Waals surface area contributed by atoms with Gasteiger partial charge in [-0.05, 0) is 38.0 Å². The molecule has 0 atom stereocenters. The summed E-state index contributed by atoms with van der Waals surface area (Å²) in [6.45, 7) is 2.81. The molecular formula is C17H18BrN3O4. The number of rotatable bonds is 4. The van der Waals surface area contributed by atoms with E-state index in [0.717, 1.165) is 9.15 Å². The van der Waals surface area contributed by atoms with Gasteiger partial charge in [-0.1, -0.05) is 15.9 Å². The predicted octanol–water partition coefficient (Wildman–Crippen LogP) is 1.39. The number of hydrogen-bond donors (Lipinski definition) is 2. The summed E-state index contributed by atoms with van der Waals surface area (Å²) < 4.78 is 1.75. The number of ketones is 1. The van der Waals surface area contributed by atoms with E-state index < -0.39 is 11.2 Å². The number of fused-ring (bicyclic) bond motifs is 1. The maximum Gasteiger partial charge on any atom is 0.275 e. The molecule has 0 aliphatic heterocycles. The Labute approximate surface area is 152 Å². The van der Waals surface area contributed by atoms with Crippen LogP contribution in [0.1, 0.15) is 37.2 Å². The average molecular weight is 408 g/mol. The van der Waals surface area contributed by atoms with Crippen molar-refractivity contribution in [2.75, 3.05) is 0 Å². The predicted molar refractivity (Wildman–Crippen MR) is 95.5 cm³/mol. The van der Waals surface area contributed by atoms with Crippen molar-refractivity contribution in [3.63, 3.8) is 0 Å². The number of aliphatic hydroxyl groups is 1. The van der Waals surface area contributed by atoms with Gasteiger partial charge in [0, 0.05) is 22.8 Å². The van der Waals surface area contributed by atoms with Gasteiger partial charge in [0.25, 0.3) is 5.56 Å². The minimum absolute atomic E-state index is 0.109. The first-order valence-electron chi connectivity index (χ1n) is 7.89. The highest BCUT2D eigenvalue weighted by molar-refractivity contribution is 9.10. The van der Waals surface area contributed by atoms with Gasteiger partial charge < -0.3 is 10.4 Å². The largest absolute Gasteiger partial charge is 0.390 e. The summed E-state index contributed by atoms with van der Waals surface area (Å²) in [5.74, 6) is -0.659. The molecule has 1 aliphatic rings. The number of carbonyl (C=O) groups is 2. The molecule has 0 spiro atoms. The van der Waals surface area contributed by atoms with Gasteiger partial charge in [-0.15, -0.1) is 0 Å². The molecule has 1 aromatic carbocycles. The van der Waals surface area contributed by atoms with Gasteiger partial charge in [-0.25, -0.2) is 4.68 Å². The number of benzene rings is 1. The van der Waals surface area contributed by atoms with E-state index in [2.05, 4.69) is 26.3 Å². The van der Waals surface area contributed by atoms with E-state index >= 15 is 0 Å². The third-order valence-corrected chi connectivity index (χ3v) is 4.78. The molecule has 2 aromatic rings. The summed E-state index contributed by atoms with van der Waals surface area (Å²) in [6.07, 6.45) is 0.955. The molecule has 3 rings (SSSR count). The summed E-state index contributed by atoms with van der Waals surface area (Å²) >= 11 is 3.32. The van der Waals surface area contributed by atoms with Gasteiger partial charge in [-0.2, -0.15) is 5.10 Å². The minimum atomic E-state index is -0.745. The number of amides is 1. The number of halogens is 1. The summed E-state index contributed by atoms with van der Waals surface area (Å²) in [4.78, 5) is 36.6. The van der Waals surface area contributed by atoms with Gasteiger partial charge >= 0.3 is 0 Å². The Morgan fingerprint density at radius 3 is 2.68 bits per heavy atom. The van der Waals surface area contributed by atoms with Crippen molar-refractivity contribution in [2.45, 2.75) is 44.9 Å². The number of Topliss-reactive ketones (excluding diaryl/α,β-unsaturated/α-hetero) is 1. The smallest absolute Gasteiger partial charge is 0.275 e. The van der Waals surface area contributed by atoms with Crippen LogP contribution in [0, 0.1) is 0 Å². The van der Waals surface area contributed by atoms with Crippen molar-refractivity contribution >= 4 is 38.4 Å². The molecule has 1 amide bonds. The van der Waals surface area contributed by atoms with Crippen LogP contribution in [0.2, 0.25) is 0 Å². The zero-order chi connectivity index (χ0) is 18.4. The summed E-state index contributed by atoms with van der Waals surface area (Å²) in [5.41, 5.74) is -1.02. The van der Waals surface area contributed by atoms with E-state index in [1.807, 2.05) is 0 Å². The maximum atomic E-state index is 12.6. The number of carbonyl (C=O) groups excluding carboxylic acids is 2. The van der Waals surface area contributed by atoms with Crippen molar-refractivity contribution in [3.8, 4) is 0 Å².